The summed E-state index contributed by atoms with van der Waals surface area (Å²) in [6.45, 7) is 3.98. The van der Waals surface area contributed by atoms with E-state index in [4.69, 9.17) is 11.6 Å². The van der Waals surface area contributed by atoms with Gasteiger partial charge in [0.2, 0.25) is 5.78 Å². The number of allylic oxidation sites excluding steroid dienone is 2. The van der Waals surface area contributed by atoms with Gasteiger partial charge in [0.15, 0.2) is 0 Å². The van der Waals surface area contributed by atoms with E-state index in [1.165, 1.54) is 0 Å². The lowest BCUT2D eigenvalue weighted by molar-refractivity contribution is 0.102. The van der Waals surface area contributed by atoms with Gasteiger partial charge in [-0.2, -0.15) is 5.10 Å². The Morgan fingerprint density at radius 3 is 2.88 bits per heavy atom. The number of carbonyl (C=O) groups is 1. The Morgan fingerprint density at radius 2 is 2.31 bits per heavy atom. The smallest absolute Gasteiger partial charge is 0.208 e. The highest BCUT2D eigenvalue weighted by atomic mass is 35.5. The summed E-state index contributed by atoms with van der Waals surface area (Å²) in [5, 5.41) is 4.59. The lowest BCUT2D eigenvalue weighted by atomic mass is 10.1. The number of Topliss-reactive ketones (excluding diaryl/α,β-unsaturated/α-hetero) is 1. The fraction of sp³-hybridized carbons (Fsp3) is 0.500. The molecule has 4 heteroatoms. The van der Waals surface area contributed by atoms with E-state index in [0.717, 1.165) is 24.8 Å². The first-order valence-electron chi connectivity index (χ1n) is 5.58. The van der Waals surface area contributed by atoms with Crippen molar-refractivity contribution in [1.29, 1.82) is 0 Å². The number of carbonyl (C=O) groups excluding carboxylic acids is 1. The molecule has 1 heterocycles. The highest BCUT2D eigenvalue weighted by molar-refractivity contribution is 6.34. The van der Waals surface area contributed by atoms with E-state index < -0.39 is 0 Å². The summed E-state index contributed by atoms with van der Waals surface area (Å²) in [4.78, 5) is 12.2. The lowest BCUT2D eigenvalue weighted by Gasteiger charge is -2.10. The van der Waals surface area contributed by atoms with Crippen LogP contribution in [0, 0.1) is 0 Å². The zero-order valence-electron chi connectivity index (χ0n) is 9.53. The lowest BCUT2D eigenvalue weighted by Crippen LogP contribution is -2.14. The molecule has 0 amide bonds. The van der Waals surface area contributed by atoms with E-state index in [2.05, 4.69) is 5.10 Å². The third-order valence-electron chi connectivity index (χ3n) is 2.79. The Balaban J connectivity index is 2.39. The first-order valence-corrected chi connectivity index (χ1v) is 5.95. The van der Waals surface area contributed by atoms with Crippen molar-refractivity contribution in [2.45, 2.75) is 39.2 Å². The normalized spacial score (nSPS) is 15.6. The molecule has 0 N–H and O–H groups in total. The van der Waals surface area contributed by atoms with E-state index in [1.807, 2.05) is 19.9 Å². The molecule has 0 radical (unpaired) electrons. The zero-order valence-corrected chi connectivity index (χ0v) is 10.3. The fourth-order valence-electron chi connectivity index (χ4n) is 1.97. The molecular weight excluding hydrogens is 224 g/mol. The molecule has 0 bridgehead atoms. The van der Waals surface area contributed by atoms with Crippen LogP contribution in [0.25, 0.3) is 0 Å². The zero-order chi connectivity index (χ0) is 11.7. The number of ketones is 1. The third-order valence-corrected chi connectivity index (χ3v) is 3.06. The van der Waals surface area contributed by atoms with Crippen molar-refractivity contribution in [1.82, 2.24) is 9.78 Å². The van der Waals surface area contributed by atoms with Gasteiger partial charge in [-0.25, -0.2) is 0 Å². The van der Waals surface area contributed by atoms with Gasteiger partial charge in [-0.1, -0.05) is 17.7 Å². The minimum absolute atomic E-state index is 0.0358. The number of hydrogen-bond acceptors (Lipinski definition) is 2. The maximum atomic E-state index is 12.2. The largest absolute Gasteiger partial charge is 0.287 e. The molecule has 16 heavy (non-hydrogen) atoms. The van der Waals surface area contributed by atoms with Gasteiger partial charge >= 0.3 is 0 Å². The molecule has 2 rings (SSSR count). The van der Waals surface area contributed by atoms with Gasteiger partial charge in [-0.15, -0.1) is 0 Å². The Hall–Kier alpha value is -1.09. The molecule has 1 aliphatic carbocycles. The summed E-state index contributed by atoms with van der Waals surface area (Å²) in [7, 11) is 0. The predicted molar refractivity (Wildman–Crippen MR) is 63.9 cm³/mol. The van der Waals surface area contributed by atoms with Crippen molar-refractivity contribution in [2.24, 2.45) is 0 Å². The number of halogens is 1. The molecule has 0 unspecified atom stereocenters. The highest BCUT2D eigenvalue weighted by Gasteiger charge is 2.23. The minimum atomic E-state index is 0.0358. The Bertz CT molecular complexity index is 446. The fourth-order valence-corrected chi connectivity index (χ4v) is 2.19. The van der Waals surface area contributed by atoms with Crippen LogP contribution in [-0.4, -0.2) is 15.6 Å². The van der Waals surface area contributed by atoms with Crippen LogP contribution < -0.4 is 0 Å². The van der Waals surface area contributed by atoms with Gasteiger partial charge in [0.25, 0.3) is 0 Å². The first-order chi connectivity index (χ1) is 7.61. The Labute approximate surface area is 100 Å². The molecule has 1 aliphatic rings. The van der Waals surface area contributed by atoms with Crippen molar-refractivity contribution in [3.05, 3.63) is 28.6 Å². The summed E-state index contributed by atoms with van der Waals surface area (Å²) >= 11 is 6.03. The van der Waals surface area contributed by atoms with Crippen LogP contribution in [0.5, 0.6) is 0 Å². The summed E-state index contributed by atoms with van der Waals surface area (Å²) in [6, 6.07) is 0.147. The van der Waals surface area contributed by atoms with Gasteiger partial charge in [0.05, 0.1) is 11.2 Å². The molecule has 0 aliphatic heterocycles. The third kappa shape index (κ3) is 1.92. The quantitative estimate of drug-likeness (QED) is 0.757. The van der Waals surface area contributed by atoms with Crippen LogP contribution in [0.2, 0.25) is 5.02 Å². The number of nitrogens with zero attached hydrogens (tertiary/aromatic N) is 2. The van der Waals surface area contributed by atoms with E-state index in [1.54, 1.807) is 10.9 Å². The van der Waals surface area contributed by atoms with Crippen LogP contribution in [-0.2, 0) is 0 Å². The molecule has 3 nitrogen and oxygen atoms in total. The molecule has 0 saturated carbocycles. The monoisotopic (exact) mass is 238 g/mol. The van der Waals surface area contributed by atoms with Crippen molar-refractivity contribution in [3.8, 4) is 0 Å². The molecule has 0 spiro atoms. The molecule has 0 aromatic carbocycles. The molecule has 0 fully saturated rings. The minimum Gasteiger partial charge on any atom is -0.287 e. The Morgan fingerprint density at radius 1 is 1.56 bits per heavy atom. The second-order valence-corrected chi connectivity index (χ2v) is 4.74. The molecule has 1 aromatic heterocycles. The van der Waals surface area contributed by atoms with Crippen molar-refractivity contribution < 1.29 is 4.79 Å². The topological polar surface area (TPSA) is 34.9 Å². The van der Waals surface area contributed by atoms with Crippen molar-refractivity contribution >= 4 is 17.4 Å². The molecule has 0 atom stereocenters. The van der Waals surface area contributed by atoms with E-state index in [-0.39, 0.29) is 11.8 Å². The second-order valence-electron chi connectivity index (χ2n) is 4.33. The molecule has 1 aromatic rings. The van der Waals surface area contributed by atoms with Gasteiger partial charge in [-0.3, -0.25) is 9.48 Å². The predicted octanol–water partition coefficient (Wildman–Crippen LogP) is 3.41. The van der Waals surface area contributed by atoms with E-state index in [0.29, 0.717) is 10.7 Å². The van der Waals surface area contributed by atoms with Crippen molar-refractivity contribution in [2.75, 3.05) is 0 Å². The summed E-state index contributed by atoms with van der Waals surface area (Å²) in [5.74, 6) is 0.0358. The van der Waals surface area contributed by atoms with Crippen LogP contribution in [0.3, 0.4) is 0 Å². The van der Waals surface area contributed by atoms with Crippen LogP contribution in [0.1, 0.15) is 49.6 Å². The number of hydrogen-bond donors (Lipinski definition) is 0. The number of aromatic nitrogens is 2. The van der Waals surface area contributed by atoms with Gasteiger partial charge in [0.1, 0.15) is 5.69 Å². The summed E-state index contributed by atoms with van der Waals surface area (Å²) < 4.78 is 1.70. The Kier molecular flexibility index (Phi) is 3.15. The average Bonchev–Trinajstić information content (AvgIpc) is 2.84. The SMILES string of the molecule is CC(C)n1ncc(Cl)c1C(=O)C1=CCCC1. The van der Waals surface area contributed by atoms with Crippen molar-refractivity contribution in [3.63, 3.8) is 0 Å². The maximum Gasteiger partial charge on any atom is 0.208 e. The number of rotatable bonds is 3. The molecule has 86 valence electrons. The van der Waals surface area contributed by atoms with Crippen LogP contribution in [0.4, 0.5) is 0 Å². The van der Waals surface area contributed by atoms with Gasteiger partial charge < -0.3 is 0 Å². The molecular formula is C12H15ClN2O. The average molecular weight is 239 g/mol. The van der Waals surface area contributed by atoms with E-state index in [9.17, 15) is 4.79 Å². The summed E-state index contributed by atoms with van der Waals surface area (Å²) in [5.41, 5.74) is 1.41. The standard InChI is InChI=1S/C12H15ClN2O/c1-8(2)15-11(10(13)7-14-15)12(16)9-5-3-4-6-9/h5,7-8H,3-4,6H2,1-2H3. The first kappa shape index (κ1) is 11.4. The van der Waals surface area contributed by atoms with Crippen LogP contribution >= 0.6 is 11.6 Å². The van der Waals surface area contributed by atoms with Gasteiger partial charge in [-0.05, 0) is 38.7 Å². The van der Waals surface area contributed by atoms with Crippen LogP contribution in [0.15, 0.2) is 17.8 Å². The summed E-state index contributed by atoms with van der Waals surface area (Å²) in [6.07, 6.45) is 6.47. The highest BCUT2D eigenvalue weighted by Crippen LogP contribution is 2.26. The molecule has 0 saturated heterocycles. The van der Waals surface area contributed by atoms with E-state index >= 15 is 0 Å². The second kappa shape index (κ2) is 4.42. The van der Waals surface area contributed by atoms with Gasteiger partial charge in [0, 0.05) is 6.04 Å². The maximum absolute atomic E-state index is 12.2.